The molecule has 42 heavy (non-hydrogen) atoms. The van der Waals surface area contributed by atoms with Gasteiger partial charge in [0.2, 0.25) is 0 Å². The van der Waals surface area contributed by atoms with E-state index in [-0.39, 0.29) is 22.2 Å². The molecule has 0 aromatic heterocycles. The van der Waals surface area contributed by atoms with Crippen molar-refractivity contribution in [1.82, 2.24) is 0 Å². The van der Waals surface area contributed by atoms with Gasteiger partial charge in [0.05, 0.1) is 44.4 Å². The van der Waals surface area contributed by atoms with Crippen LogP contribution in [0.2, 0.25) is 0 Å². The van der Waals surface area contributed by atoms with Crippen LogP contribution in [0.1, 0.15) is 18.1 Å². The lowest BCUT2D eigenvalue weighted by Crippen LogP contribution is -2.44. The molecule has 4 aromatic rings. The maximum absolute atomic E-state index is 15.0. The average molecular weight is 602 g/mol. The first-order valence-corrected chi connectivity index (χ1v) is 16.6. The lowest BCUT2D eigenvalue weighted by molar-refractivity contribution is -0.145. The van der Waals surface area contributed by atoms with E-state index in [0.717, 1.165) is 5.56 Å². The molecule has 3 atom stereocenters. The van der Waals surface area contributed by atoms with Crippen LogP contribution < -0.4 is 5.01 Å². The third kappa shape index (κ3) is 6.14. The second kappa shape index (κ2) is 12.3. The third-order valence-corrected chi connectivity index (χ3v) is 11.3. The Morgan fingerprint density at radius 1 is 0.810 bits per heavy atom. The van der Waals surface area contributed by atoms with Crippen LogP contribution in [0, 0.1) is 12.8 Å². The lowest BCUT2D eigenvalue weighted by atomic mass is 9.92. The van der Waals surface area contributed by atoms with E-state index < -0.39 is 37.7 Å². The van der Waals surface area contributed by atoms with Crippen LogP contribution in [0.5, 0.6) is 0 Å². The van der Waals surface area contributed by atoms with Gasteiger partial charge in [-0.25, -0.2) is 4.21 Å². The van der Waals surface area contributed by atoms with Gasteiger partial charge in [0.15, 0.2) is 0 Å². The maximum atomic E-state index is 15.0. The first kappa shape index (κ1) is 29.2. The van der Waals surface area contributed by atoms with Crippen molar-refractivity contribution in [3.63, 3.8) is 0 Å². The molecule has 0 amide bonds. The molecule has 8 nitrogen and oxygen atoms in total. The molecular formula is C32H31N3O5S2. The zero-order chi connectivity index (χ0) is 29.7. The summed E-state index contributed by atoms with van der Waals surface area (Å²) in [6.07, 6.45) is 0. The predicted octanol–water partition coefficient (Wildman–Crippen LogP) is 5.68. The highest BCUT2D eigenvalue weighted by atomic mass is 32.3. The standard InChI is InChI=1S/C32H31N3O5S2/c1-3-40-32(36)30-29(35(26-15-9-5-10-16-26)33-31(30)25-13-7-4-8-14-25)23-41(37,27-17-11-6-12-18-27)34-42(38,39)28-21-19-24(2)20-22-28/h4-22,29-30H,3,23H2,1-2H3/t29-,30-,41?/m1/s1. The highest BCUT2D eigenvalue weighted by Gasteiger charge is 2.46. The van der Waals surface area contributed by atoms with Crippen molar-refractivity contribution in [1.29, 1.82) is 0 Å². The number of hydrazone groups is 1. The maximum Gasteiger partial charge on any atom is 0.317 e. The molecule has 1 heterocycles. The van der Waals surface area contributed by atoms with Crippen LogP contribution >= 0.6 is 0 Å². The molecule has 0 saturated heterocycles. The zero-order valence-corrected chi connectivity index (χ0v) is 24.9. The van der Waals surface area contributed by atoms with E-state index in [2.05, 4.69) is 3.77 Å². The van der Waals surface area contributed by atoms with Gasteiger partial charge in [0.25, 0.3) is 10.0 Å². The van der Waals surface area contributed by atoms with Crippen molar-refractivity contribution < 1.29 is 22.2 Å². The Hall–Kier alpha value is -4.28. The number of hydrogen-bond donors (Lipinski definition) is 0. The summed E-state index contributed by atoms with van der Waals surface area (Å²) >= 11 is 0. The molecule has 0 spiro atoms. The molecular weight excluding hydrogens is 571 g/mol. The number of hydrogen-bond acceptors (Lipinski definition) is 7. The lowest BCUT2D eigenvalue weighted by Gasteiger charge is -2.28. The van der Waals surface area contributed by atoms with Crippen LogP contribution in [-0.4, -0.2) is 42.7 Å². The molecule has 0 fully saturated rings. The van der Waals surface area contributed by atoms with Gasteiger partial charge in [-0.15, -0.1) is 3.77 Å². The quantitative estimate of drug-likeness (QED) is 0.229. The van der Waals surface area contributed by atoms with Crippen molar-refractivity contribution in [3.8, 4) is 0 Å². The highest BCUT2D eigenvalue weighted by molar-refractivity contribution is 8.03. The van der Waals surface area contributed by atoms with Crippen molar-refractivity contribution in [2.75, 3.05) is 17.4 Å². The third-order valence-electron chi connectivity index (χ3n) is 6.89. The summed E-state index contributed by atoms with van der Waals surface area (Å²) in [5.74, 6) is -1.81. The minimum atomic E-state index is -4.34. The van der Waals surface area contributed by atoms with E-state index in [1.807, 2.05) is 67.6 Å². The molecule has 1 aliphatic heterocycles. The fourth-order valence-electron chi connectivity index (χ4n) is 4.87. The Labute approximate surface area is 246 Å². The molecule has 0 N–H and O–H groups in total. The summed E-state index contributed by atoms with van der Waals surface area (Å²) in [4.78, 5) is 13.8. The normalized spacial score (nSPS) is 18.1. The minimum absolute atomic E-state index is 0.0636. The molecule has 0 bridgehead atoms. The van der Waals surface area contributed by atoms with Crippen LogP contribution in [0.25, 0.3) is 0 Å². The Bertz CT molecular complexity index is 1800. The SMILES string of the molecule is CCOC(=O)[C@H]1C(c2ccccc2)=NN(c2ccccc2)[C@@H]1CS(=O)(=NS(=O)(=O)c1ccc(C)cc1)c1ccccc1. The molecule has 4 aromatic carbocycles. The molecule has 216 valence electrons. The monoisotopic (exact) mass is 601 g/mol. The molecule has 0 radical (unpaired) electrons. The van der Waals surface area contributed by atoms with E-state index in [1.54, 1.807) is 54.4 Å². The first-order chi connectivity index (χ1) is 20.2. The van der Waals surface area contributed by atoms with Crippen molar-refractivity contribution >= 4 is 37.1 Å². The Kier molecular flexibility index (Phi) is 8.56. The van der Waals surface area contributed by atoms with E-state index in [1.165, 1.54) is 12.1 Å². The number of aryl methyl sites for hydroxylation is 1. The molecule has 0 saturated carbocycles. The number of sulfonamides is 1. The number of anilines is 1. The van der Waals surface area contributed by atoms with Gasteiger partial charge in [-0.1, -0.05) is 84.4 Å². The van der Waals surface area contributed by atoms with E-state index in [0.29, 0.717) is 17.0 Å². The van der Waals surface area contributed by atoms with Crippen LogP contribution in [0.4, 0.5) is 5.69 Å². The number of carbonyl (C=O) groups excluding carboxylic acids is 1. The van der Waals surface area contributed by atoms with Crippen molar-refractivity contribution in [2.45, 2.75) is 29.7 Å². The molecule has 1 unspecified atom stereocenters. The van der Waals surface area contributed by atoms with Crippen LogP contribution in [0.15, 0.2) is 134 Å². The van der Waals surface area contributed by atoms with Gasteiger partial charge in [0, 0.05) is 4.90 Å². The topological polar surface area (TPSA) is 105 Å². The number of rotatable bonds is 9. The molecule has 1 aliphatic rings. The summed E-state index contributed by atoms with van der Waals surface area (Å²) in [7, 11) is -8.02. The van der Waals surface area contributed by atoms with Gasteiger partial charge in [-0.05, 0) is 55.8 Å². The van der Waals surface area contributed by atoms with E-state index in [9.17, 15) is 17.4 Å². The Morgan fingerprint density at radius 2 is 1.38 bits per heavy atom. The van der Waals surface area contributed by atoms with Crippen LogP contribution in [-0.2, 0) is 29.3 Å². The number of benzene rings is 4. The largest absolute Gasteiger partial charge is 0.465 e. The van der Waals surface area contributed by atoms with Gasteiger partial charge in [-0.2, -0.15) is 13.5 Å². The summed E-state index contributed by atoms with van der Waals surface area (Å²) in [5.41, 5.74) is 2.68. The summed E-state index contributed by atoms with van der Waals surface area (Å²) in [6, 6.07) is 32.1. The first-order valence-electron chi connectivity index (χ1n) is 13.5. The number of para-hydroxylation sites is 1. The molecule has 5 rings (SSSR count). The van der Waals surface area contributed by atoms with E-state index in [4.69, 9.17) is 9.84 Å². The van der Waals surface area contributed by atoms with Crippen molar-refractivity contribution in [3.05, 3.63) is 126 Å². The van der Waals surface area contributed by atoms with Gasteiger partial charge >= 0.3 is 5.97 Å². The fourth-order valence-corrected chi connectivity index (χ4v) is 9.12. The van der Waals surface area contributed by atoms with E-state index >= 15 is 0 Å². The number of nitrogens with zero attached hydrogens (tertiary/aromatic N) is 3. The summed E-state index contributed by atoms with van der Waals surface area (Å²) in [5, 5.41) is 6.51. The van der Waals surface area contributed by atoms with Gasteiger partial charge < -0.3 is 4.74 Å². The molecule has 10 heteroatoms. The number of ether oxygens (including phenoxy) is 1. The number of esters is 1. The second-order valence-electron chi connectivity index (χ2n) is 9.81. The van der Waals surface area contributed by atoms with Gasteiger partial charge in [-0.3, -0.25) is 9.80 Å². The highest BCUT2D eigenvalue weighted by Crippen LogP contribution is 2.35. The average Bonchev–Trinajstić information content (AvgIpc) is 3.37. The number of carbonyl (C=O) groups is 1. The summed E-state index contributed by atoms with van der Waals surface area (Å²) in [6.45, 7) is 3.70. The fraction of sp³-hybridized carbons (Fsp3) is 0.188. The Morgan fingerprint density at radius 3 is 1.98 bits per heavy atom. The minimum Gasteiger partial charge on any atom is -0.465 e. The summed E-state index contributed by atoms with van der Waals surface area (Å²) < 4.78 is 51.7. The van der Waals surface area contributed by atoms with Crippen molar-refractivity contribution in [2.24, 2.45) is 14.8 Å². The predicted molar refractivity (Wildman–Crippen MR) is 164 cm³/mol. The zero-order valence-electron chi connectivity index (χ0n) is 23.2. The molecule has 0 aliphatic carbocycles. The second-order valence-corrected chi connectivity index (χ2v) is 13.9. The van der Waals surface area contributed by atoms with Gasteiger partial charge in [0.1, 0.15) is 5.92 Å². The van der Waals surface area contributed by atoms with Crippen LogP contribution in [0.3, 0.4) is 0 Å². The smallest absolute Gasteiger partial charge is 0.317 e. The Balaban J connectivity index is 1.70.